The Balaban J connectivity index is 1.83. The van der Waals surface area contributed by atoms with Crippen molar-refractivity contribution in [3.63, 3.8) is 0 Å². The summed E-state index contributed by atoms with van der Waals surface area (Å²) < 4.78 is 15.7. The molecule has 1 aliphatic heterocycles. The second-order valence-electron chi connectivity index (χ2n) is 6.11. The van der Waals surface area contributed by atoms with Gasteiger partial charge in [0.2, 0.25) is 0 Å². The molecule has 3 rings (SSSR count). The highest BCUT2D eigenvalue weighted by molar-refractivity contribution is 5.95. The number of amides is 1. The van der Waals surface area contributed by atoms with E-state index in [0.29, 0.717) is 17.9 Å². The van der Waals surface area contributed by atoms with Crippen molar-refractivity contribution in [2.75, 3.05) is 20.8 Å². The second-order valence-corrected chi connectivity index (χ2v) is 6.11. The van der Waals surface area contributed by atoms with E-state index in [-0.39, 0.29) is 18.7 Å². The van der Waals surface area contributed by atoms with E-state index >= 15 is 0 Å². The molecule has 0 bridgehead atoms. The van der Waals surface area contributed by atoms with Gasteiger partial charge in [0, 0.05) is 18.5 Å². The first-order valence-electron chi connectivity index (χ1n) is 8.34. The third-order valence-electron chi connectivity index (χ3n) is 4.48. The maximum Gasteiger partial charge on any atom is 0.328 e. The second kappa shape index (κ2) is 7.61. The van der Waals surface area contributed by atoms with E-state index in [2.05, 4.69) is 0 Å². The molecule has 1 fully saturated rings. The number of methoxy groups -OCH3 is 2. The van der Waals surface area contributed by atoms with Crippen molar-refractivity contribution >= 4 is 11.9 Å². The van der Waals surface area contributed by atoms with E-state index in [1.165, 1.54) is 12.0 Å². The number of piperidine rings is 1. The van der Waals surface area contributed by atoms with Crippen LogP contribution < -0.4 is 4.74 Å². The van der Waals surface area contributed by atoms with Gasteiger partial charge >= 0.3 is 5.97 Å². The summed E-state index contributed by atoms with van der Waals surface area (Å²) >= 11 is 0. The van der Waals surface area contributed by atoms with Gasteiger partial charge in [-0.25, -0.2) is 4.79 Å². The van der Waals surface area contributed by atoms with Crippen LogP contribution in [0.25, 0.3) is 11.3 Å². The van der Waals surface area contributed by atoms with Crippen LogP contribution in [0.5, 0.6) is 5.75 Å². The number of esters is 1. The quantitative estimate of drug-likeness (QED) is 0.841. The molecule has 0 saturated carbocycles. The van der Waals surface area contributed by atoms with Crippen LogP contribution in [0.15, 0.2) is 40.8 Å². The summed E-state index contributed by atoms with van der Waals surface area (Å²) in [5.74, 6) is 0.396. The average molecular weight is 359 g/mol. The van der Waals surface area contributed by atoms with Crippen LogP contribution in [0.2, 0.25) is 0 Å². The highest BCUT2D eigenvalue weighted by atomic mass is 16.5. The molecule has 1 aromatic carbocycles. The standard InChI is InChI=1S/C19H21NO6/c1-24-14-5-3-4-12(10-14)16-6-7-17(26-16)18(22)20-9-8-13(21)11-15(20)19(23)25-2/h3-7,10,13,15,21H,8-9,11H2,1-2H3/t13-,15+/m1/s1. The molecule has 1 aliphatic rings. The lowest BCUT2D eigenvalue weighted by Crippen LogP contribution is -2.51. The smallest absolute Gasteiger partial charge is 0.328 e. The normalized spacial score (nSPS) is 19.9. The first kappa shape index (κ1) is 18.0. The molecule has 0 radical (unpaired) electrons. The van der Waals surface area contributed by atoms with Crippen LogP contribution >= 0.6 is 0 Å². The van der Waals surface area contributed by atoms with Gasteiger partial charge in [-0.3, -0.25) is 4.79 Å². The summed E-state index contributed by atoms with van der Waals surface area (Å²) in [4.78, 5) is 26.2. The van der Waals surface area contributed by atoms with Crippen molar-refractivity contribution in [1.82, 2.24) is 4.90 Å². The molecule has 0 aliphatic carbocycles. The Kier molecular flexibility index (Phi) is 5.27. The summed E-state index contributed by atoms with van der Waals surface area (Å²) in [6.45, 7) is 0.259. The first-order chi connectivity index (χ1) is 12.5. The Morgan fingerprint density at radius 1 is 1.23 bits per heavy atom. The molecule has 2 heterocycles. The van der Waals surface area contributed by atoms with Gasteiger partial charge in [-0.1, -0.05) is 12.1 Å². The maximum atomic E-state index is 12.8. The van der Waals surface area contributed by atoms with Crippen LogP contribution in [0.1, 0.15) is 23.4 Å². The van der Waals surface area contributed by atoms with Crippen LogP contribution in [-0.4, -0.2) is 54.8 Å². The lowest BCUT2D eigenvalue weighted by atomic mass is 9.99. The van der Waals surface area contributed by atoms with Gasteiger partial charge in [0.25, 0.3) is 5.91 Å². The maximum absolute atomic E-state index is 12.8. The SMILES string of the molecule is COC(=O)[C@@H]1C[C@H](O)CCN1C(=O)c1ccc(-c2cccc(OC)c2)o1. The van der Waals surface area contributed by atoms with Crippen molar-refractivity contribution < 1.29 is 28.6 Å². The van der Waals surface area contributed by atoms with Gasteiger partial charge < -0.3 is 23.9 Å². The van der Waals surface area contributed by atoms with E-state index in [9.17, 15) is 14.7 Å². The van der Waals surface area contributed by atoms with Crippen molar-refractivity contribution in [2.24, 2.45) is 0 Å². The highest BCUT2D eigenvalue weighted by Gasteiger charge is 2.37. The van der Waals surface area contributed by atoms with Gasteiger partial charge in [-0.15, -0.1) is 0 Å². The summed E-state index contributed by atoms with van der Waals surface area (Å²) in [5, 5.41) is 9.82. The largest absolute Gasteiger partial charge is 0.497 e. The number of nitrogens with zero attached hydrogens (tertiary/aromatic N) is 1. The number of hydrogen-bond acceptors (Lipinski definition) is 6. The lowest BCUT2D eigenvalue weighted by molar-refractivity contribution is -0.148. The third kappa shape index (κ3) is 3.57. The first-order valence-corrected chi connectivity index (χ1v) is 8.34. The van der Waals surface area contributed by atoms with Gasteiger partial charge in [0.05, 0.1) is 20.3 Å². The number of benzene rings is 1. The minimum Gasteiger partial charge on any atom is -0.497 e. The zero-order valence-electron chi connectivity index (χ0n) is 14.7. The predicted molar refractivity (Wildman–Crippen MR) is 92.8 cm³/mol. The van der Waals surface area contributed by atoms with Crippen molar-refractivity contribution in [3.8, 4) is 17.1 Å². The van der Waals surface area contributed by atoms with E-state index < -0.39 is 24.0 Å². The van der Waals surface area contributed by atoms with Crippen molar-refractivity contribution in [2.45, 2.75) is 25.0 Å². The number of carbonyl (C=O) groups excluding carboxylic acids is 2. The molecule has 7 heteroatoms. The number of ether oxygens (including phenoxy) is 2. The molecule has 0 spiro atoms. The van der Waals surface area contributed by atoms with Crippen LogP contribution in [0, 0.1) is 0 Å². The molecule has 138 valence electrons. The minimum absolute atomic E-state index is 0.133. The fourth-order valence-electron chi connectivity index (χ4n) is 3.08. The number of hydrogen-bond donors (Lipinski definition) is 1. The number of furan rings is 1. The van der Waals surface area contributed by atoms with Crippen LogP contribution in [-0.2, 0) is 9.53 Å². The topological polar surface area (TPSA) is 89.2 Å². The Morgan fingerprint density at radius 3 is 2.77 bits per heavy atom. The van der Waals surface area contributed by atoms with Crippen LogP contribution in [0.3, 0.4) is 0 Å². The monoisotopic (exact) mass is 359 g/mol. The van der Waals surface area contributed by atoms with Gasteiger partial charge in [-0.2, -0.15) is 0 Å². The fourth-order valence-corrected chi connectivity index (χ4v) is 3.08. The highest BCUT2D eigenvalue weighted by Crippen LogP contribution is 2.28. The Hall–Kier alpha value is -2.80. The Morgan fingerprint density at radius 2 is 2.04 bits per heavy atom. The van der Waals surface area contributed by atoms with Crippen molar-refractivity contribution in [3.05, 3.63) is 42.2 Å². The van der Waals surface area contributed by atoms with Gasteiger partial charge in [0.15, 0.2) is 5.76 Å². The van der Waals surface area contributed by atoms with E-state index in [1.54, 1.807) is 19.2 Å². The Labute approximate surface area is 151 Å². The fraction of sp³-hybridized carbons (Fsp3) is 0.368. The van der Waals surface area contributed by atoms with E-state index in [4.69, 9.17) is 13.9 Å². The number of aliphatic hydroxyl groups excluding tert-OH is 1. The summed E-state index contributed by atoms with van der Waals surface area (Å²) in [7, 11) is 2.84. The summed E-state index contributed by atoms with van der Waals surface area (Å²) in [5.41, 5.74) is 0.780. The molecule has 1 amide bonds. The third-order valence-corrected chi connectivity index (χ3v) is 4.48. The van der Waals surface area contributed by atoms with Gasteiger partial charge in [-0.05, 0) is 30.7 Å². The van der Waals surface area contributed by atoms with Crippen LogP contribution in [0.4, 0.5) is 0 Å². The van der Waals surface area contributed by atoms with E-state index in [0.717, 1.165) is 5.56 Å². The summed E-state index contributed by atoms with van der Waals surface area (Å²) in [6.07, 6.45) is -0.0723. The molecule has 1 aromatic heterocycles. The molecule has 2 aromatic rings. The van der Waals surface area contributed by atoms with Gasteiger partial charge in [0.1, 0.15) is 17.6 Å². The summed E-state index contributed by atoms with van der Waals surface area (Å²) in [6, 6.07) is 9.77. The molecule has 1 saturated heterocycles. The molecule has 1 N–H and O–H groups in total. The predicted octanol–water partition coefficient (Wildman–Crippen LogP) is 2.09. The molecular formula is C19H21NO6. The molecule has 2 atom stereocenters. The number of carbonyl (C=O) groups is 2. The minimum atomic E-state index is -0.818. The zero-order chi connectivity index (χ0) is 18.7. The zero-order valence-corrected chi connectivity index (χ0v) is 14.7. The Bertz CT molecular complexity index is 799. The number of aliphatic hydroxyl groups is 1. The molecule has 0 unspecified atom stereocenters. The average Bonchev–Trinajstić information content (AvgIpc) is 3.17. The lowest BCUT2D eigenvalue weighted by Gasteiger charge is -2.35. The molecular weight excluding hydrogens is 338 g/mol. The molecule has 7 nitrogen and oxygen atoms in total. The molecule has 26 heavy (non-hydrogen) atoms. The van der Waals surface area contributed by atoms with Crippen molar-refractivity contribution in [1.29, 1.82) is 0 Å². The number of rotatable bonds is 4. The number of likely N-dealkylation sites (tertiary alicyclic amines) is 1. The van der Waals surface area contributed by atoms with E-state index in [1.807, 2.05) is 24.3 Å².